The Balaban J connectivity index is 2.41. The molecule has 0 aliphatic heterocycles. The number of halogens is 1. The van der Waals surface area contributed by atoms with Crippen LogP contribution in [0.25, 0.3) is 0 Å². The van der Waals surface area contributed by atoms with Crippen LogP contribution in [0, 0.1) is 0 Å². The van der Waals surface area contributed by atoms with Gasteiger partial charge in [-0.3, -0.25) is 0 Å². The molecule has 0 radical (unpaired) electrons. The van der Waals surface area contributed by atoms with Crippen LogP contribution in [-0.4, -0.2) is 10.8 Å². The fourth-order valence-electron chi connectivity index (χ4n) is 3.88. The van der Waals surface area contributed by atoms with Crippen molar-refractivity contribution in [2.45, 2.75) is 19.2 Å². The van der Waals surface area contributed by atoms with Crippen molar-refractivity contribution in [3.05, 3.63) is 91.0 Å². The number of ether oxygens (including phenoxy) is 1. The number of rotatable bonds is 5. The molecular weight excluding hydrogens is 363 g/mol. The SMILES string of the molecule is CC(C)(OC(=O)Cl)[PH](c1ccccc1)(c1ccccc1)c1ccccc1. The summed E-state index contributed by atoms with van der Waals surface area (Å²) in [5.41, 5.74) is -0.783. The van der Waals surface area contributed by atoms with Crippen molar-refractivity contribution in [3.63, 3.8) is 0 Å². The first-order chi connectivity index (χ1) is 12.5. The fourth-order valence-corrected chi connectivity index (χ4v) is 9.55. The van der Waals surface area contributed by atoms with Gasteiger partial charge in [-0.2, -0.15) is 0 Å². The second-order valence-corrected chi connectivity index (χ2v) is 11.4. The summed E-state index contributed by atoms with van der Waals surface area (Å²) in [5.74, 6) is 0. The number of benzene rings is 3. The normalized spacial score (nSPS) is 12.4. The maximum absolute atomic E-state index is 11.8. The zero-order valence-electron chi connectivity index (χ0n) is 14.9. The van der Waals surface area contributed by atoms with Crippen molar-refractivity contribution in [2.24, 2.45) is 0 Å². The number of carbonyl (C=O) groups excluding carboxylic acids is 1. The average molecular weight is 385 g/mol. The van der Waals surface area contributed by atoms with Gasteiger partial charge in [-0.25, -0.2) is 0 Å². The van der Waals surface area contributed by atoms with Gasteiger partial charge in [-0.15, -0.1) is 0 Å². The summed E-state index contributed by atoms with van der Waals surface area (Å²) < 4.78 is 5.75. The molecule has 0 saturated carbocycles. The summed E-state index contributed by atoms with van der Waals surface area (Å²) >= 11 is 5.69. The first-order valence-corrected chi connectivity index (χ1v) is 10.9. The molecule has 0 fully saturated rings. The van der Waals surface area contributed by atoms with E-state index < -0.39 is 18.0 Å². The van der Waals surface area contributed by atoms with Crippen LogP contribution in [0.2, 0.25) is 0 Å². The number of carbonyl (C=O) groups is 1. The maximum atomic E-state index is 11.8. The van der Waals surface area contributed by atoms with E-state index in [0.29, 0.717) is 0 Å². The molecule has 134 valence electrons. The summed E-state index contributed by atoms with van der Waals surface area (Å²) in [4.78, 5) is 11.8. The summed E-state index contributed by atoms with van der Waals surface area (Å²) in [6.45, 7) is 3.93. The van der Waals surface area contributed by atoms with E-state index in [9.17, 15) is 4.79 Å². The Bertz CT molecular complexity index is 768. The van der Waals surface area contributed by atoms with Crippen molar-refractivity contribution in [3.8, 4) is 0 Å². The van der Waals surface area contributed by atoms with E-state index in [1.807, 2.05) is 68.4 Å². The Morgan fingerprint density at radius 3 is 1.31 bits per heavy atom. The van der Waals surface area contributed by atoms with Crippen LogP contribution in [0.1, 0.15) is 13.8 Å². The summed E-state index contributed by atoms with van der Waals surface area (Å²) in [6, 6.07) is 30.9. The second-order valence-electron chi connectivity index (χ2n) is 6.70. The number of hydrogen-bond acceptors (Lipinski definition) is 2. The van der Waals surface area contributed by atoms with Gasteiger partial charge in [0, 0.05) is 0 Å². The first kappa shape index (κ1) is 18.6. The second kappa shape index (κ2) is 7.61. The van der Waals surface area contributed by atoms with Gasteiger partial charge in [0.05, 0.1) is 0 Å². The van der Waals surface area contributed by atoms with E-state index in [4.69, 9.17) is 16.3 Å². The average Bonchev–Trinajstić information content (AvgIpc) is 2.64. The molecule has 0 aliphatic rings. The van der Waals surface area contributed by atoms with E-state index in [1.165, 1.54) is 15.9 Å². The van der Waals surface area contributed by atoms with Crippen LogP contribution < -0.4 is 15.9 Å². The molecule has 0 N–H and O–H groups in total. The summed E-state index contributed by atoms with van der Waals surface area (Å²) in [6.07, 6.45) is 0. The Labute approximate surface area is 160 Å². The zero-order chi connectivity index (χ0) is 18.6. The van der Waals surface area contributed by atoms with E-state index >= 15 is 0 Å². The molecule has 0 saturated heterocycles. The molecule has 3 aromatic carbocycles. The third-order valence-electron chi connectivity index (χ3n) is 4.86. The van der Waals surface area contributed by atoms with Gasteiger partial charge in [0.2, 0.25) is 0 Å². The van der Waals surface area contributed by atoms with Crippen molar-refractivity contribution in [1.82, 2.24) is 0 Å². The van der Waals surface area contributed by atoms with Crippen LogP contribution in [0.4, 0.5) is 4.79 Å². The minimum absolute atomic E-state index is 0.783. The molecule has 4 heteroatoms. The molecule has 3 aromatic rings. The topological polar surface area (TPSA) is 26.3 Å². The molecule has 0 atom stereocenters. The molecule has 0 amide bonds. The van der Waals surface area contributed by atoms with Gasteiger partial charge in [-0.1, -0.05) is 0 Å². The summed E-state index contributed by atoms with van der Waals surface area (Å²) in [5, 5.41) is 2.71. The van der Waals surface area contributed by atoms with Gasteiger partial charge >= 0.3 is 160 Å². The Morgan fingerprint density at radius 2 is 1.04 bits per heavy atom. The van der Waals surface area contributed by atoms with Gasteiger partial charge in [0.25, 0.3) is 0 Å². The minimum atomic E-state index is -2.74. The van der Waals surface area contributed by atoms with Crippen LogP contribution in [0.15, 0.2) is 91.0 Å². The predicted molar refractivity (Wildman–Crippen MR) is 113 cm³/mol. The Morgan fingerprint density at radius 1 is 0.731 bits per heavy atom. The van der Waals surface area contributed by atoms with Gasteiger partial charge in [-0.05, 0) is 0 Å². The molecule has 26 heavy (non-hydrogen) atoms. The third-order valence-corrected chi connectivity index (χ3v) is 10.4. The van der Waals surface area contributed by atoms with Crippen LogP contribution in [0.5, 0.6) is 0 Å². The van der Waals surface area contributed by atoms with Crippen LogP contribution >= 0.6 is 18.9 Å². The molecule has 0 unspecified atom stereocenters. The zero-order valence-corrected chi connectivity index (χ0v) is 16.6. The number of hydrogen-bond donors (Lipinski definition) is 0. The monoisotopic (exact) mass is 384 g/mol. The fraction of sp³-hybridized carbons (Fsp3) is 0.136. The van der Waals surface area contributed by atoms with Crippen LogP contribution in [0.3, 0.4) is 0 Å². The molecule has 0 heterocycles. The molecule has 0 aromatic heterocycles. The van der Waals surface area contributed by atoms with E-state index in [-0.39, 0.29) is 0 Å². The first-order valence-electron chi connectivity index (χ1n) is 8.53. The molecule has 3 rings (SSSR count). The van der Waals surface area contributed by atoms with Gasteiger partial charge in [0.1, 0.15) is 0 Å². The predicted octanol–water partition coefficient (Wildman–Crippen LogP) is 4.82. The molecule has 0 spiro atoms. The van der Waals surface area contributed by atoms with E-state index in [2.05, 4.69) is 36.4 Å². The molecule has 2 nitrogen and oxygen atoms in total. The van der Waals surface area contributed by atoms with Crippen molar-refractivity contribution >= 4 is 40.2 Å². The van der Waals surface area contributed by atoms with Gasteiger partial charge < -0.3 is 0 Å². The van der Waals surface area contributed by atoms with Crippen LogP contribution in [-0.2, 0) is 4.74 Å². The van der Waals surface area contributed by atoms with Crippen molar-refractivity contribution < 1.29 is 9.53 Å². The van der Waals surface area contributed by atoms with Crippen molar-refractivity contribution in [2.75, 3.05) is 0 Å². The Kier molecular flexibility index (Phi) is 5.46. The van der Waals surface area contributed by atoms with Gasteiger partial charge in [0.15, 0.2) is 0 Å². The third kappa shape index (κ3) is 3.28. The Hall–Kier alpha value is -2.15. The van der Waals surface area contributed by atoms with Crippen molar-refractivity contribution in [1.29, 1.82) is 0 Å². The standard InChI is InChI=1S/C22H22ClO2P/c1-22(2,25-21(23)24)26(18-12-6-3-7-13-18,19-14-8-4-9-15-19)20-16-10-5-11-17-20/h3-17,26H,1-2H3. The molecule has 0 aliphatic carbocycles. The quantitative estimate of drug-likeness (QED) is 0.465. The summed E-state index contributed by atoms with van der Waals surface area (Å²) in [7, 11) is -2.74. The van der Waals surface area contributed by atoms with E-state index in [0.717, 1.165) is 0 Å². The molecular formula is C22H22ClO2P. The molecule has 0 bridgehead atoms. The van der Waals surface area contributed by atoms with E-state index in [1.54, 1.807) is 0 Å².